The number of aromatic nitrogens is 2. The number of likely N-dealkylation sites (tertiary alicyclic amines) is 1. The third kappa shape index (κ3) is 2.61. The lowest BCUT2D eigenvalue weighted by Gasteiger charge is -2.37. The fraction of sp³-hybridized carbons (Fsp3) is 0.529. The van der Waals surface area contributed by atoms with Gasteiger partial charge >= 0.3 is 5.97 Å². The first-order chi connectivity index (χ1) is 10.6. The standard InChI is InChI=1S/C17H23N3O2/c1-12(2)20-10-5-4-8-15(20)14-11-19-9-6-7-13(16(19)18-14)17(21)22-3/h6-7,9,11-12,15H,4-5,8,10H2,1-3H3. The van der Waals surface area contributed by atoms with Crippen molar-refractivity contribution >= 4 is 11.6 Å². The molecule has 1 saturated heterocycles. The van der Waals surface area contributed by atoms with Gasteiger partial charge in [0.15, 0.2) is 5.65 Å². The van der Waals surface area contributed by atoms with Crippen LogP contribution in [0.1, 0.15) is 55.2 Å². The Balaban J connectivity index is 2.02. The molecular weight excluding hydrogens is 278 g/mol. The molecule has 1 unspecified atom stereocenters. The number of esters is 1. The highest BCUT2D eigenvalue weighted by Gasteiger charge is 2.28. The number of ether oxygens (including phenoxy) is 1. The topological polar surface area (TPSA) is 46.8 Å². The van der Waals surface area contributed by atoms with Crippen molar-refractivity contribution < 1.29 is 9.53 Å². The van der Waals surface area contributed by atoms with Crippen molar-refractivity contribution in [2.24, 2.45) is 0 Å². The van der Waals surface area contributed by atoms with E-state index in [-0.39, 0.29) is 5.97 Å². The number of imidazole rings is 1. The van der Waals surface area contributed by atoms with Crippen LogP contribution in [0.5, 0.6) is 0 Å². The van der Waals surface area contributed by atoms with Crippen molar-refractivity contribution in [3.63, 3.8) is 0 Å². The summed E-state index contributed by atoms with van der Waals surface area (Å²) in [6.45, 7) is 5.57. The molecule has 22 heavy (non-hydrogen) atoms. The molecule has 0 aromatic carbocycles. The highest BCUT2D eigenvalue weighted by molar-refractivity contribution is 5.95. The third-order valence-corrected chi connectivity index (χ3v) is 4.46. The molecule has 118 valence electrons. The average Bonchev–Trinajstić information content (AvgIpc) is 2.97. The predicted octanol–water partition coefficient (Wildman–Crippen LogP) is 3.06. The van der Waals surface area contributed by atoms with Gasteiger partial charge in [-0.2, -0.15) is 0 Å². The van der Waals surface area contributed by atoms with Gasteiger partial charge in [-0.1, -0.05) is 6.42 Å². The minimum Gasteiger partial charge on any atom is -0.465 e. The lowest BCUT2D eigenvalue weighted by Crippen LogP contribution is -2.38. The van der Waals surface area contributed by atoms with Gasteiger partial charge in [-0.3, -0.25) is 4.90 Å². The highest BCUT2D eigenvalue weighted by Crippen LogP contribution is 2.32. The second-order valence-electron chi connectivity index (χ2n) is 6.15. The Bertz CT molecular complexity index is 678. The van der Waals surface area contributed by atoms with Crippen molar-refractivity contribution in [2.45, 2.75) is 45.2 Å². The smallest absolute Gasteiger partial charge is 0.341 e. The number of carbonyl (C=O) groups is 1. The summed E-state index contributed by atoms with van der Waals surface area (Å²) in [6.07, 6.45) is 7.57. The minimum atomic E-state index is -0.341. The van der Waals surface area contributed by atoms with Crippen molar-refractivity contribution in [2.75, 3.05) is 13.7 Å². The van der Waals surface area contributed by atoms with Gasteiger partial charge in [-0.25, -0.2) is 9.78 Å². The second kappa shape index (κ2) is 6.08. The normalized spacial score (nSPS) is 19.7. The summed E-state index contributed by atoms with van der Waals surface area (Å²) in [5.74, 6) is -0.341. The molecule has 1 aliphatic rings. The van der Waals surface area contributed by atoms with E-state index in [0.29, 0.717) is 23.3 Å². The van der Waals surface area contributed by atoms with Gasteiger partial charge in [-0.15, -0.1) is 0 Å². The summed E-state index contributed by atoms with van der Waals surface area (Å²) in [5.41, 5.74) is 2.24. The molecule has 0 aliphatic carbocycles. The highest BCUT2D eigenvalue weighted by atomic mass is 16.5. The Hall–Kier alpha value is -1.88. The zero-order chi connectivity index (χ0) is 15.7. The average molecular weight is 301 g/mol. The Kier molecular flexibility index (Phi) is 4.16. The molecule has 1 aliphatic heterocycles. The molecule has 3 heterocycles. The van der Waals surface area contributed by atoms with E-state index in [2.05, 4.69) is 18.7 Å². The summed E-state index contributed by atoms with van der Waals surface area (Å²) >= 11 is 0. The zero-order valence-corrected chi connectivity index (χ0v) is 13.5. The summed E-state index contributed by atoms with van der Waals surface area (Å²) < 4.78 is 6.78. The van der Waals surface area contributed by atoms with Crippen LogP contribution >= 0.6 is 0 Å². The molecule has 5 heteroatoms. The summed E-state index contributed by atoms with van der Waals surface area (Å²) in [5, 5.41) is 0. The largest absolute Gasteiger partial charge is 0.465 e. The van der Waals surface area contributed by atoms with Crippen LogP contribution in [0, 0.1) is 0 Å². The van der Waals surface area contributed by atoms with Gasteiger partial charge in [0, 0.05) is 18.4 Å². The van der Waals surface area contributed by atoms with Crippen LogP contribution < -0.4 is 0 Å². The first-order valence-corrected chi connectivity index (χ1v) is 7.93. The van der Waals surface area contributed by atoms with E-state index >= 15 is 0 Å². The summed E-state index contributed by atoms with van der Waals surface area (Å²) in [6, 6.07) is 4.44. The molecule has 0 bridgehead atoms. The number of rotatable bonds is 3. The minimum absolute atomic E-state index is 0.333. The first-order valence-electron chi connectivity index (χ1n) is 7.93. The lowest BCUT2D eigenvalue weighted by atomic mass is 9.98. The molecule has 2 aromatic rings. The fourth-order valence-corrected chi connectivity index (χ4v) is 3.35. The SMILES string of the molecule is COC(=O)c1cccn2cc(C3CCCCN3C(C)C)nc12. The molecule has 3 rings (SSSR count). The number of hydrogen-bond acceptors (Lipinski definition) is 4. The Labute approximate surface area is 130 Å². The molecule has 0 N–H and O–H groups in total. The number of nitrogens with zero attached hydrogens (tertiary/aromatic N) is 3. The molecule has 1 atom stereocenters. The van der Waals surface area contributed by atoms with Gasteiger partial charge in [-0.05, 0) is 45.4 Å². The van der Waals surface area contributed by atoms with Gasteiger partial charge in [0.25, 0.3) is 0 Å². The van der Waals surface area contributed by atoms with Crippen LogP contribution in [0.25, 0.3) is 5.65 Å². The van der Waals surface area contributed by atoms with E-state index in [9.17, 15) is 4.79 Å². The third-order valence-electron chi connectivity index (χ3n) is 4.46. The van der Waals surface area contributed by atoms with E-state index < -0.39 is 0 Å². The van der Waals surface area contributed by atoms with Crippen LogP contribution in [0.2, 0.25) is 0 Å². The number of pyridine rings is 1. The van der Waals surface area contributed by atoms with Crippen LogP contribution in [0.4, 0.5) is 0 Å². The van der Waals surface area contributed by atoms with Crippen molar-refractivity contribution in [1.82, 2.24) is 14.3 Å². The van der Waals surface area contributed by atoms with Gasteiger partial charge in [0.05, 0.1) is 18.8 Å². The van der Waals surface area contributed by atoms with Crippen molar-refractivity contribution in [3.8, 4) is 0 Å². The van der Waals surface area contributed by atoms with Crippen LogP contribution in [0.3, 0.4) is 0 Å². The molecule has 1 fully saturated rings. The lowest BCUT2D eigenvalue weighted by molar-refractivity contribution is 0.0602. The molecular formula is C17H23N3O2. The molecule has 0 saturated carbocycles. The quantitative estimate of drug-likeness (QED) is 0.818. The van der Waals surface area contributed by atoms with E-state index in [4.69, 9.17) is 9.72 Å². The second-order valence-corrected chi connectivity index (χ2v) is 6.15. The molecule has 0 radical (unpaired) electrons. The molecule has 2 aromatic heterocycles. The van der Waals surface area contributed by atoms with E-state index in [0.717, 1.165) is 18.7 Å². The fourth-order valence-electron chi connectivity index (χ4n) is 3.35. The summed E-state index contributed by atoms with van der Waals surface area (Å²) in [4.78, 5) is 19.2. The number of methoxy groups -OCH3 is 1. The van der Waals surface area contributed by atoms with E-state index in [1.165, 1.54) is 20.0 Å². The monoisotopic (exact) mass is 301 g/mol. The Morgan fingerprint density at radius 2 is 2.23 bits per heavy atom. The van der Waals surface area contributed by atoms with Crippen LogP contribution in [0.15, 0.2) is 24.5 Å². The number of hydrogen-bond donors (Lipinski definition) is 0. The Morgan fingerprint density at radius 1 is 1.41 bits per heavy atom. The first kappa shape index (κ1) is 15.0. The maximum Gasteiger partial charge on any atom is 0.341 e. The van der Waals surface area contributed by atoms with E-state index in [1.807, 2.05) is 22.9 Å². The molecule has 5 nitrogen and oxygen atoms in total. The van der Waals surface area contributed by atoms with Crippen molar-refractivity contribution in [1.29, 1.82) is 0 Å². The number of carbonyl (C=O) groups excluding carboxylic acids is 1. The zero-order valence-electron chi connectivity index (χ0n) is 13.5. The summed E-state index contributed by atoms with van der Waals surface area (Å²) in [7, 11) is 1.40. The maximum absolute atomic E-state index is 11.9. The van der Waals surface area contributed by atoms with Crippen LogP contribution in [-0.4, -0.2) is 40.0 Å². The Morgan fingerprint density at radius 3 is 2.95 bits per heavy atom. The van der Waals surface area contributed by atoms with Crippen LogP contribution in [-0.2, 0) is 4.74 Å². The number of fused-ring (bicyclic) bond motifs is 1. The molecule has 0 spiro atoms. The predicted molar refractivity (Wildman–Crippen MR) is 85.0 cm³/mol. The van der Waals surface area contributed by atoms with Crippen molar-refractivity contribution in [3.05, 3.63) is 35.8 Å². The van der Waals surface area contributed by atoms with Gasteiger partial charge in [0.1, 0.15) is 5.56 Å². The number of piperidine rings is 1. The van der Waals surface area contributed by atoms with E-state index in [1.54, 1.807) is 6.07 Å². The van der Waals surface area contributed by atoms with Gasteiger partial charge < -0.3 is 9.14 Å². The maximum atomic E-state index is 11.9. The van der Waals surface area contributed by atoms with Gasteiger partial charge in [0.2, 0.25) is 0 Å². The molecule has 0 amide bonds.